The second kappa shape index (κ2) is 12.4. The van der Waals surface area contributed by atoms with E-state index in [0.29, 0.717) is 62.8 Å². The summed E-state index contributed by atoms with van der Waals surface area (Å²) >= 11 is 0. The molecule has 1 aromatic heterocycles. The van der Waals surface area contributed by atoms with Gasteiger partial charge in [0.15, 0.2) is 0 Å². The van der Waals surface area contributed by atoms with Gasteiger partial charge in [-0.1, -0.05) is 0 Å². The summed E-state index contributed by atoms with van der Waals surface area (Å²) in [5.74, 6) is -0.0410. The summed E-state index contributed by atoms with van der Waals surface area (Å²) in [7, 11) is 0. The smallest absolute Gasteiger partial charge is 0.416 e. The van der Waals surface area contributed by atoms with Crippen molar-refractivity contribution in [2.24, 2.45) is 0 Å². The quantitative estimate of drug-likeness (QED) is 0.362. The molecule has 3 aromatic rings. The summed E-state index contributed by atoms with van der Waals surface area (Å²) in [6, 6.07) is 12.4. The third-order valence-corrected chi connectivity index (χ3v) is 6.96. The van der Waals surface area contributed by atoms with Crippen LogP contribution in [0.25, 0.3) is 11.1 Å². The van der Waals surface area contributed by atoms with Crippen LogP contribution in [0.1, 0.15) is 47.1 Å². The van der Waals surface area contributed by atoms with Crippen LogP contribution in [-0.4, -0.2) is 72.5 Å². The van der Waals surface area contributed by atoms with Crippen molar-refractivity contribution in [1.82, 2.24) is 14.8 Å². The fraction of sp³-hybridized carbons (Fsp3) is 0.367. The van der Waals surface area contributed by atoms with E-state index >= 15 is 0 Å². The topological polar surface area (TPSA) is 66.0 Å². The number of alkyl halides is 3. The summed E-state index contributed by atoms with van der Waals surface area (Å²) in [6.07, 6.45) is -1.68. The second-order valence-electron chi connectivity index (χ2n) is 9.44. The van der Waals surface area contributed by atoms with Crippen molar-refractivity contribution in [3.05, 3.63) is 77.6 Å². The molecule has 1 saturated heterocycles. The molecule has 2 heterocycles. The molecule has 0 radical (unpaired) electrons. The maximum atomic E-state index is 13.8. The van der Waals surface area contributed by atoms with Crippen molar-refractivity contribution in [1.29, 1.82) is 0 Å². The van der Waals surface area contributed by atoms with Gasteiger partial charge in [-0.15, -0.1) is 0 Å². The molecule has 0 unspecified atom stereocenters. The third-order valence-electron chi connectivity index (χ3n) is 6.96. The van der Waals surface area contributed by atoms with Crippen LogP contribution in [-0.2, 0) is 6.18 Å². The molecule has 4 rings (SSSR count). The number of aromatic nitrogens is 1. The van der Waals surface area contributed by atoms with E-state index < -0.39 is 17.6 Å². The van der Waals surface area contributed by atoms with Gasteiger partial charge in [0.25, 0.3) is 11.8 Å². The molecular weight excluding hydrogens is 521 g/mol. The van der Waals surface area contributed by atoms with Crippen LogP contribution < -0.4 is 9.64 Å². The van der Waals surface area contributed by atoms with Crippen molar-refractivity contribution >= 4 is 17.5 Å². The zero-order chi connectivity index (χ0) is 28.9. The standard InChI is InChI=1S/C30H33F3N4O3/c1-4-35(5-2)28(38)21-7-9-26(10-8-21)36-11-13-37(14-12-36)29(39)23-15-22(16-25(17-23)30(31,32)33)24-18-27(40-6-3)20-34-19-24/h7-10,15-20H,4-6,11-14H2,1-3H3. The van der Waals surface area contributed by atoms with Gasteiger partial charge in [0.05, 0.1) is 18.4 Å². The summed E-state index contributed by atoms with van der Waals surface area (Å²) in [6.45, 7) is 9.08. The number of pyridine rings is 1. The molecule has 0 atom stereocenters. The Balaban J connectivity index is 1.49. The van der Waals surface area contributed by atoms with Crippen LogP contribution in [0.5, 0.6) is 5.75 Å². The predicted octanol–water partition coefficient (Wildman–Crippen LogP) is 5.61. The van der Waals surface area contributed by atoms with Crippen molar-refractivity contribution in [2.75, 3.05) is 50.8 Å². The van der Waals surface area contributed by atoms with Gasteiger partial charge in [-0.05, 0) is 74.9 Å². The van der Waals surface area contributed by atoms with Gasteiger partial charge in [0.1, 0.15) is 5.75 Å². The Hall–Kier alpha value is -4.08. The normalized spacial score (nSPS) is 13.8. The minimum atomic E-state index is -4.62. The number of ether oxygens (including phenoxy) is 1. The number of benzene rings is 2. The first-order chi connectivity index (χ1) is 19.1. The van der Waals surface area contributed by atoms with Crippen LogP contribution >= 0.6 is 0 Å². The van der Waals surface area contributed by atoms with Crippen molar-refractivity contribution in [3.8, 4) is 16.9 Å². The molecule has 1 aliphatic heterocycles. The third kappa shape index (κ3) is 6.55. The SMILES string of the molecule is CCOc1cncc(-c2cc(C(=O)N3CCN(c4ccc(C(=O)N(CC)CC)cc4)CC3)cc(C(F)(F)F)c2)c1. The van der Waals surface area contributed by atoms with E-state index in [2.05, 4.69) is 9.88 Å². The van der Waals surface area contributed by atoms with Gasteiger partial charge in [0.2, 0.25) is 0 Å². The molecule has 7 nitrogen and oxygen atoms in total. The Kier molecular flexibility index (Phi) is 8.96. The largest absolute Gasteiger partial charge is 0.492 e. The highest BCUT2D eigenvalue weighted by atomic mass is 19.4. The van der Waals surface area contributed by atoms with E-state index in [4.69, 9.17) is 4.74 Å². The molecule has 1 fully saturated rings. The second-order valence-corrected chi connectivity index (χ2v) is 9.44. The molecule has 0 aliphatic carbocycles. The van der Waals surface area contributed by atoms with Gasteiger partial charge in [-0.25, -0.2) is 0 Å². The molecule has 1 aliphatic rings. The van der Waals surface area contributed by atoms with Crippen LogP contribution in [0.15, 0.2) is 60.9 Å². The van der Waals surface area contributed by atoms with E-state index in [1.165, 1.54) is 18.5 Å². The van der Waals surface area contributed by atoms with Crippen LogP contribution in [0.4, 0.5) is 18.9 Å². The number of carbonyl (C=O) groups is 2. The number of carbonyl (C=O) groups excluding carboxylic acids is 2. The maximum absolute atomic E-state index is 13.8. The number of nitrogens with zero attached hydrogens (tertiary/aromatic N) is 4. The van der Waals surface area contributed by atoms with Gasteiger partial charge in [0, 0.05) is 67.8 Å². The molecule has 212 valence electrons. The Bertz CT molecular complexity index is 1330. The Morgan fingerprint density at radius 1 is 0.875 bits per heavy atom. The first-order valence-electron chi connectivity index (χ1n) is 13.4. The Morgan fingerprint density at radius 2 is 1.55 bits per heavy atom. The highest BCUT2D eigenvalue weighted by Crippen LogP contribution is 2.34. The first kappa shape index (κ1) is 28.9. The fourth-order valence-electron chi connectivity index (χ4n) is 4.76. The van der Waals surface area contributed by atoms with Crippen LogP contribution in [0.3, 0.4) is 0 Å². The van der Waals surface area contributed by atoms with E-state index in [0.717, 1.165) is 17.8 Å². The number of halogens is 3. The highest BCUT2D eigenvalue weighted by molar-refractivity contribution is 5.96. The minimum Gasteiger partial charge on any atom is -0.492 e. The van der Waals surface area contributed by atoms with E-state index in [1.807, 2.05) is 26.0 Å². The number of amides is 2. The highest BCUT2D eigenvalue weighted by Gasteiger charge is 2.33. The average molecular weight is 555 g/mol. The molecule has 0 N–H and O–H groups in total. The zero-order valence-electron chi connectivity index (χ0n) is 22.9. The Morgan fingerprint density at radius 3 is 2.15 bits per heavy atom. The minimum absolute atomic E-state index is 0.0205. The van der Waals surface area contributed by atoms with E-state index in [9.17, 15) is 22.8 Å². The molecule has 2 aromatic carbocycles. The first-order valence-corrected chi connectivity index (χ1v) is 13.4. The predicted molar refractivity (Wildman–Crippen MR) is 148 cm³/mol. The average Bonchev–Trinajstić information content (AvgIpc) is 2.97. The molecule has 10 heteroatoms. The van der Waals surface area contributed by atoms with Gasteiger partial charge in [-0.2, -0.15) is 13.2 Å². The fourth-order valence-corrected chi connectivity index (χ4v) is 4.76. The number of hydrogen-bond donors (Lipinski definition) is 0. The van der Waals surface area contributed by atoms with E-state index in [-0.39, 0.29) is 17.0 Å². The zero-order valence-corrected chi connectivity index (χ0v) is 22.9. The summed E-state index contributed by atoms with van der Waals surface area (Å²) in [5.41, 5.74) is 1.28. The van der Waals surface area contributed by atoms with Gasteiger partial charge >= 0.3 is 6.18 Å². The monoisotopic (exact) mass is 554 g/mol. The lowest BCUT2D eigenvalue weighted by molar-refractivity contribution is -0.137. The molecular formula is C30H33F3N4O3. The number of anilines is 1. The lowest BCUT2D eigenvalue weighted by Crippen LogP contribution is -2.48. The van der Waals surface area contributed by atoms with Gasteiger partial charge < -0.3 is 19.4 Å². The number of piperazine rings is 1. The van der Waals surface area contributed by atoms with Crippen molar-refractivity contribution in [2.45, 2.75) is 26.9 Å². The Labute approximate surface area is 232 Å². The summed E-state index contributed by atoms with van der Waals surface area (Å²) in [5, 5.41) is 0. The van der Waals surface area contributed by atoms with Crippen LogP contribution in [0, 0.1) is 0 Å². The molecule has 2 amide bonds. The van der Waals surface area contributed by atoms with Gasteiger partial charge in [-0.3, -0.25) is 14.6 Å². The molecule has 0 saturated carbocycles. The summed E-state index contributed by atoms with van der Waals surface area (Å²) < 4.78 is 46.8. The van der Waals surface area contributed by atoms with Crippen LogP contribution in [0.2, 0.25) is 0 Å². The number of rotatable bonds is 8. The van der Waals surface area contributed by atoms with Crippen molar-refractivity contribution < 1.29 is 27.5 Å². The lowest BCUT2D eigenvalue weighted by atomic mass is 9.99. The van der Waals surface area contributed by atoms with Crippen molar-refractivity contribution in [3.63, 3.8) is 0 Å². The molecule has 0 spiro atoms. The van der Waals surface area contributed by atoms with E-state index in [1.54, 1.807) is 34.9 Å². The molecule has 0 bridgehead atoms. The molecule has 40 heavy (non-hydrogen) atoms. The maximum Gasteiger partial charge on any atom is 0.416 e. The summed E-state index contributed by atoms with van der Waals surface area (Å²) in [4.78, 5) is 35.5. The number of hydrogen-bond acceptors (Lipinski definition) is 5. The lowest BCUT2D eigenvalue weighted by Gasteiger charge is -2.36.